The Morgan fingerprint density at radius 3 is 2.79 bits per heavy atom. The summed E-state index contributed by atoms with van der Waals surface area (Å²) in [4.78, 5) is 8.96. The maximum Gasteiger partial charge on any atom is 0.231 e. The summed E-state index contributed by atoms with van der Waals surface area (Å²) >= 11 is 3.46. The normalized spacial score (nSPS) is 12.6. The van der Waals surface area contributed by atoms with Gasteiger partial charge >= 0.3 is 0 Å². The molecule has 0 radical (unpaired) electrons. The third-order valence-corrected chi connectivity index (χ3v) is 3.83. The molecule has 5 nitrogen and oxygen atoms in total. The van der Waals surface area contributed by atoms with Crippen molar-refractivity contribution in [3.8, 4) is 22.9 Å². The second-order valence-corrected chi connectivity index (χ2v) is 4.91. The number of fused-ring (bicyclic) bond motifs is 1. The van der Waals surface area contributed by atoms with Gasteiger partial charge in [0.2, 0.25) is 6.79 Å². The van der Waals surface area contributed by atoms with Crippen molar-refractivity contribution in [3.05, 3.63) is 28.4 Å². The lowest BCUT2D eigenvalue weighted by Crippen LogP contribution is -2.00. The number of benzene rings is 1. The average molecular weight is 322 g/mol. The molecule has 0 fully saturated rings. The van der Waals surface area contributed by atoms with Crippen LogP contribution in [0.5, 0.6) is 11.5 Å². The molecule has 0 amide bonds. The van der Waals surface area contributed by atoms with E-state index in [-0.39, 0.29) is 6.79 Å². The van der Waals surface area contributed by atoms with Crippen molar-refractivity contribution >= 4 is 21.7 Å². The fourth-order valence-corrected chi connectivity index (χ4v) is 2.27. The van der Waals surface area contributed by atoms with Crippen molar-refractivity contribution in [1.29, 1.82) is 0 Å². The van der Waals surface area contributed by atoms with Crippen molar-refractivity contribution in [2.45, 2.75) is 6.92 Å². The van der Waals surface area contributed by atoms with Crippen LogP contribution in [0.3, 0.4) is 0 Å². The summed E-state index contributed by atoms with van der Waals surface area (Å²) in [5.74, 6) is 2.91. The molecule has 6 heteroatoms. The zero-order chi connectivity index (χ0) is 13.4. The topological polar surface area (TPSA) is 56.3 Å². The molecule has 0 spiro atoms. The number of nitrogens with one attached hydrogen (secondary N) is 1. The first-order valence-electron chi connectivity index (χ1n) is 5.81. The Balaban J connectivity index is 2.09. The number of hydrogen-bond donors (Lipinski definition) is 1. The van der Waals surface area contributed by atoms with Crippen molar-refractivity contribution in [2.75, 3.05) is 19.2 Å². The van der Waals surface area contributed by atoms with Crippen LogP contribution < -0.4 is 14.8 Å². The van der Waals surface area contributed by atoms with Crippen LogP contribution >= 0.6 is 15.9 Å². The predicted molar refractivity (Wildman–Crippen MR) is 75.6 cm³/mol. The summed E-state index contributed by atoms with van der Waals surface area (Å²) in [7, 11) is 1.83. The SMILES string of the molecule is CNc1nc(-c2ccc3c(c2)OCO3)nc(C)c1Br. The van der Waals surface area contributed by atoms with E-state index in [4.69, 9.17) is 9.47 Å². The first-order valence-corrected chi connectivity index (χ1v) is 6.60. The predicted octanol–water partition coefficient (Wildman–Crippen LogP) is 2.98. The van der Waals surface area contributed by atoms with Crippen LogP contribution in [0.1, 0.15) is 5.69 Å². The number of ether oxygens (including phenoxy) is 2. The summed E-state index contributed by atoms with van der Waals surface area (Å²) in [6, 6.07) is 5.69. The highest BCUT2D eigenvalue weighted by Crippen LogP contribution is 2.36. The largest absolute Gasteiger partial charge is 0.454 e. The molecule has 0 aliphatic carbocycles. The monoisotopic (exact) mass is 321 g/mol. The summed E-state index contributed by atoms with van der Waals surface area (Å²) in [6.07, 6.45) is 0. The van der Waals surface area contributed by atoms with Crippen molar-refractivity contribution in [3.63, 3.8) is 0 Å². The van der Waals surface area contributed by atoms with E-state index in [0.717, 1.165) is 33.0 Å². The van der Waals surface area contributed by atoms with Crippen LogP contribution in [0.2, 0.25) is 0 Å². The van der Waals surface area contributed by atoms with Crippen LogP contribution in [-0.2, 0) is 0 Å². The third kappa shape index (κ3) is 2.12. The van der Waals surface area contributed by atoms with E-state index in [1.54, 1.807) is 0 Å². The zero-order valence-corrected chi connectivity index (χ0v) is 12.1. The van der Waals surface area contributed by atoms with E-state index in [0.29, 0.717) is 5.82 Å². The summed E-state index contributed by atoms with van der Waals surface area (Å²) in [5.41, 5.74) is 1.78. The lowest BCUT2D eigenvalue weighted by Gasteiger charge is -2.09. The van der Waals surface area contributed by atoms with Gasteiger partial charge in [0, 0.05) is 12.6 Å². The number of nitrogens with zero attached hydrogens (tertiary/aromatic N) is 2. The van der Waals surface area contributed by atoms with Crippen LogP contribution in [0.25, 0.3) is 11.4 Å². The molecule has 0 unspecified atom stereocenters. The highest BCUT2D eigenvalue weighted by Gasteiger charge is 2.16. The fraction of sp³-hybridized carbons (Fsp3) is 0.231. The number of aryl methyl sites for hydroxylation is 1. The van der Waals surface area contributed by atoms with Gasteiger partial charge in [0.15, 0.2) is 17.3 Å². The van der Waals surface area contributed by atoms with E-state index in [9.17, 15) is 0 Å². The Hall–Kier alpha value is -1.82. The Morgan fingerprint density at radius 2 is 2.00 bits per heavy atom. The Kier molecular flexibility index (Phi) is 3.02. The van der Waals surface area contributed by atoms with E-state index in [2.05, 4.69) is 31.2 Å². The van der Waals surface area contributed by atoms with Gasteiger partial charge in [-0.15, -0.1) is 0 Å². The second-order valence-electron chi connectivity index (χ2n) is 4.11. The van der Waals surface area contributed by atoms with Crippen molar-refractivity contribution < 1.29 is 9.47 Å². The number of hydrogen-bond acceptors (Lipinski definition) is 5. The van der Waals surface area contributed by atoms with Crippen LogP contribution in [0.4, 0.5) is 5.82 Å². The molecular weight excluding hydrogens is 310 g/mol. The zero-order valence-electron chi connectivity index (χ0n) is 10.5. The maximum absolute atomic E-state index is 5.37. The highest BCUT2D eigenvalue weighted by atomic mass is 79.9. The molecular formula is C13H12BrN3O2. The molecule has 98 valence electrons. The molecule has 0 atom stereocenters. The Labute approximate surface area is 119 Å². The molecule has 2 heterocycles. The quantitative estimate of drug-likeness (QED) is 0.921. The van der Waals surface area contributed by atoms with Gasteiger partial charge in [0.05, 0.1) is 10.2 Å². The highest BCUT2D eigenvalue weighted by molar-refractivity contribution is 9.10. The Bertz CT molecular complexity index is 646. The van der Waals surface area contributed by atoms with Gasteiger partial charge in [-0.2, -0.15) is 0 Å². The van der Waals surface area contributed by atoms with E-state index < -0.39 is 0 Å². The number of anilines is 1. The lowest BCUT2D eigenvalue weighted by atomic mass is 10.2. The van der Waals surface area contributed by atoms with Gasteiger partial charge in [-0.25, -0.2) is 9.97 Å². The van der Waals surface area contributed by atoms with Gasteiger partial charge in [-0.05, 0) is 41.1 Å². The number of aromatic nitrogens is 2. The van der Waals surface area contributed by atoms with E-state index in [1.807, 2.05) is 32.2 Å². The summed E-state index contributed by atoms with van der Waals surface area (Å²) < 4.78 is 11.5. The first kappa shape index (κ1) is 12.2. The van der Waals surface area contributed by atoms with Gasteiger partial charge in [-0.1, -0.05) is 0 Å². The molecule has 0 bridgehead atoms. The number of halogens is 1. The molecule has 1 aliphatic heterocycles. The molecule has 0 saturated carbocycles. The molecule has 1 aliphatic rings. The molecule has 1 N–H and O–H groups in total. The van der Waals surface area contributed by atoms with E-state index in [1.165, 1.54) is 0 Å². The smallest absolute Gasteiger partial charge is 0.231 e. The fourth-order valence-electron chi connectivity index (χ4n) is 1.89. The van der Waals surface area contributed by atoms with Crippen molar-refractivity contribution in [1.82, 2.24) is 9.97 Å². The molecule has 0 saturated heterocycles. The molecule has 1 aromatic heterocycles. The standard InChI is InChI=1S/C13H12BrN3O2/c1-7-11(14)13(15-2)17-12(16-7)8-3-4-9-10(5-8)19-6-18-9/h3-5H,6H2,1-2H3,(H,15,16,17). The third-order valence-electron chi connectivity index (χ3n) is 2.88. The maximum atomic E-state index is 5.37. The van der Waals surface area contributed by atoms with E-state index >= 15 is 0 Å². The molecule has 1 aromatic carbocycles. The minimum atomic E-state index is 0.265. The van der Waals surface area contributed by atoms with Gasteiger partial charge in [0.25, 0.3) is 0 Å². The van der Waals surface area contributed by atoms with Crippen molar-refractivity contribution in [2.24, 2.45) is 0 Å². The second kappa shape index (κ2) is 4.70. The Morgan fingerprint density at radius 1 is 1.21 bits per heavy atom. The minimum Gasteiger partial charge on any atom is -0.454 e. The van der Waals surface area contributed by atoms with Gasteiger partial charge in [0.1, 0.15) is 5.82 Å². The van der Waals surface area contributed by atoms with Gasteiger partial charge in [-0.3, -0.25) is 0 Å². The summed E-state index contributed by atoms with van der Waals surface area (Å²) in [5, 5.41) is 3.04. The van der Waals surface area contributed by atoms with Gasteiger partial charge < -0.3 is 14.8 Å². The minimum absolute atomic E-state index is 0.265. The molecule has 3 rings (SSSR count). The molecule has 19 heavy (non-hydrogen) atoms. The first-order chi connectivity index (χ1) is 9.19. The van der Waals surface area contributed by atoms with Crippen LogP contribution in [-0.4, -0.2) is 23.8 Å². The lowest BCUT2D eigenvalue weighted by molar-refractivity contribution is 0.174. The van der Waals surface area contributed by atoms with Crippen LogP contribution in [0, 0.1) is 6.92 Å². The average Bonchev–Trinajstić information content (AvgIpc) is 2.89. The molecule has 2 aromatic rings. The number of rotatable bonds is 2. The summed E-state index contributed by atoms with van der Waals surface area (Å²) in [6.45, 7) is 2.20. The van der Waals surface area contributed by atoms with Crippen LogP contribution in [0.15, 0.2) is 22.7 Å².